The SMILES string of the molecule is CCCCCCCCCC(O)(Oc1ccccc1)C(CCCCCCCC)Oc1ccccc1. The number of hydrogen-bond acceptors (Lipinski definition) is 3. The van der Waals surface area contributed by atoms with Gasteiger partial charge in [0.05, 0.1) is 0 Å². The van der Waals surface area contributed by atoms with Crippen LogP contribution < -0.4 is 9.47 Å². The van der Waals surface area contributed by atoms with Crippen molar-refractivity contribution in [3.63, 3.8) is 0 Å². The summed E-state index contributed by atoms with van der Waals surface area (Å²) >= 11 is 0. The van der Waals surface area contributed by atoms with E-state index in [-0.39, 0.29) is 0 Å². The first-order chi connectivity index (χ1) is 16.7. The number of rotatable bonds is 20. The fourth-order valence-corrected chi connectivity index (χ4v) is 4.46. The minimum absolute atomic E-state index is 0.415. The molecule has 0 fully saturated rings. The number of aliphatic hydroxyl groups is 1. The highest BCUT2D eigenvalue weighted by molar-refractivity contribution is 5.23. The molecule has 0 spiro atoms. The van der Waals surface area contributed by atoms with Crippen molar-refractivity contribution in [2.24, 2.45) is 0 Å². The van der Waals surface area contributed by atoms with Gasteiger partial charge < -0.3 is 14.6 Å². The molecule has 2 aromatic carbocycles. The number of unbranched alkanes of at least 4 members (excludes halogenated alkanes) is 11. The van der Waals surface area contributed by atoms with Gasteiger partial charge in [-0.2, -0.15) is 0 Å². The molecule has 0 saturated heterocycles. The molecule has 2 atom stereocenters. The molecule has 0 radical (unpaired) electrons. The lowest BCUT2D eigenvalue weighted by molar-refractivity contribution is -0.204. The molecular weight excluding hydrogens is 420 g/mol. The molecule has 0 aromatic heterocycles. The smallest absolute Gasteiger partial charge is 0.245 e. The summed E-state index contributed by atoms with van der Waals surface area (Å²) in [7, 11) is 0. The summed E-state index contributed by atoms with van der Waals surface area (Å²) in [5, 5.41) is 11.9. The van der Waals surface area contributed by atoms with Gasteiger partial charge >= 0.3 is 0 Å². The van der Waals surface area contributed by atoms with Crippen LogP contribution in [0.1, 0.15) is 110 Å². The Labute approximate surface area is 208 Å². The lowest BCUT2D eigenvalue weighted by atomic mass is 9.95. The molecule has 0 aliphatic carbocycles. The van der Waals surface area contributed by atoms with E-state index < -0.39 is 11.9 Å². The molecule has 0 aliphatic rings. The highest BCUT2D eigenvalue weighted by Crippen LogP contribution is 2.31. The zero-order valence-electron chi connectivity index (χ0n) is 21.7. The van der Waals surface area contributed by atoms with Crippen LogP contribution in [0.15, 0.2) is 60.7 Å². The Bertz CT molecular complexity index is 718. The molecule has 3 nitrogen and oxygen atoms in total. The van der Waals surface area contributed by atoms with Crippen molar-refractivity contribution in [3.05, 3.63) is 60.7 Å². The molecule has 0 saturated carbocycles. The predicted molar refractivity (Wildman–Crippen MR) is 143 cm³/mol. The topological polar surface area (TPSA) is 38.7 Å². The fraction of sp³-hybridized carbons (Fsp3) is 0.613. The van der Waals surface area contributed by atoms with E-state index in [0.717, 1.165) is 37.9 Å². The van der Waals surface area contributed by atoms with Crippen LogP contribution in [-0.2, 0) is 0 Å². The lowest BCUT2D eigenvalue weighted by Gasteiger charge is -2.36. The van der Waals surface area contributed by atoms with Crippen LogP contribution in [0.2, 0.25) is 0 Å². The Morgan fingerprint density at radius 1 is 0.618 bits per heavy atom. The van der Waals surface area contributed by atoms with Crippen LogP contribution in [0.25, 0.3) is 0 Å². The molecule has 0 heterocycles. The summed E-state index contributed by atoms with van der Waals surface area (Å²) in [6, 6.07) is 19.6. The normalized spacial score (nSPS) is 13.9. The standard InChI is InChI=1S/C31H48O3/c1-3-5-7-9-11-13-21-27-31(32,34-29-24-18-15-19-25-29)30(26-20-12-10-8-6-4-2)33-28-22-16-14-17-23-28/h14-19,22-25,30,32H,3-13,20-21,26-27H2,1-2H3. The van der Waals surface area contributed by atoms with Crippen LogP contribution in [0.5, 0.6) is 11.5 Å². The van der Waals surface area contributed by atoms with Gasteiger partial charge in [0.15, 0.2) is 6.10 Å². The van der Waals surface area contributed by atoms with Crippen molar-refractivity contribution >= 4 is 0 Å². The highest BCUT2D eigenvalue weighted by atomic mass is 16.7. The first kappa shape index (κ1) is 28.2. The lowest BCUT2D eigenvalue weighted by Crippen LogP contribution is -2.50. The van der Waals surface area contributed by atoms with E-state index in [2.05, 4.69) is 13.8 Å². The van der Waals surface area contributed by atoms with Gasteiger partial charge in [-0.15, -0.1) is 0 Å². The van der Waals surface area contributed by atoms with Gasteiger partial charge in [0.2, 0.25) is 5.79 Å². The second-order valence-electron chi connectivity index (χ2n) is 9.61. The van der Waals surface area contributed by atoms with E-state index in [1.54, 1.807) is 0 Å². The first-order valence-corrected chi connectivity index (χ1v) is 13.9. The monoisotopic (exact) mass is 468 g/mol. The maximum absolute atomic E-state index is 11.9. The minimum atomic E-state index is -1.36. The Balaban J connectivity index is 2.07. The Morgan fingerprint density at radius 2 is 1.09 bits per heavy atom. The summed E-state index contributed by atoms with van der Waals surface area (Å²) in [6.07, 6.45) is 16.6. The largest absolute Gasteiger partial charge is 0.484 e. The fourth-order valence-electron chi connectivity index (χ4n) is 4.46. The van der Waals surface area contributed by atoms with Gasteiger partial charge in [-0.3, -0.25) is 0 Å². The van der Waals surface area contributed by atoms with Gasteiger partial charge in [0.1, 0.15) is 11.5 Å². The number of benzene rings is 2. The molecule has 3 heteroatoms. The van der Waals surface area contributed by atoms with Crippen molar-refractivity contribution < 1.29 is 14.6 Å². The predicted octanol–water partition coefficient (Wildman–Crippen LogP) is 9.09. The minimum Gasteiger partial charge on any atom is -0.484 e. The third kappa shape index (κ3) is 11.4. The van der Waals surface area contributed by atoms with Crippen LogP contribution >= 0.6 is 0 Å². The maximum Gasteiger partial charge on any atom is 0.245 e. The molecular formula is C31H48O3. The summed E-state index contributed by atoms with van der Waals surface area (Å²) in [4.78, 5) is 0. The number of para-hydroxylation sites is 2. The third-order valence-corrected chi connectivity index (χ3v) is 6.52. The molecule has 2 unspecified atom stereocenters. The number of hydrogen-bond donors (Lipinski definition) is 1. The van der Waals surface area contributed by atoms with Crippen molar-refractivity contribution in [2.75, 3.05) is 0 Å². The van der Waals surface area contributed by atoms with Gasteiger partial charge in [-0.1, -0.05) is 121 Å². The van der Waals surface area contributed by atoms with Crippen LogP contribution in [-0.4, -0.2) is 17.0 Å². The van der Waals surface area contributed by atoms with E-state index in [1.165, 1.54) is 57.8 Å². The molecule has 34 heavy (non-hydrogen) atoms. The van der Waals surface area contributed by atoms with E-state index in [0.29, 0.717) is 12.2 Å². The van der Waals surface area contributed by atoms with Gasteiger partial charge in [-0.05, 0) is 43.5 Å². The Hall–Kier alpha value is -2.00. The quantitative estimate of drug-likeness (QED) is 0.155. The Kier molecular flexibility index (Phi) is 14.5. The van der Waals surface area contributed by atoms with Crippen molar-refractivity contribution in [2.45, 2.75) is 122 Å². The first-order valence-electron chi connectivity index (χ1n) is 13.9. The summed E-state index contributed by atoms with van der Waals surface area (Å²) < 4.78 is 12.7. The van der Waals surface area contributed by atoms with Crippen molar-refractivity contribution in [1.29, 1.82) is 0 Å². The van der Waals surface area contributed by atoms with Crippen LogP contribution in [0, 0.1) is 0 Å². The molecule has 0 aliphatic heterocycles. The summed E-state index contributed by atoms with van der Waals surface area (Å²) in [5.41, 5.74) is 0. The van der Waals surface area contributed by atoms with Gasteiger partial charge in [0.25, 0.3) is 0 Å². The van der Waals surface area contributed by atoms with E-state index in [9.17, 15) is 5.11 Å². The number of ether oxygens (including phenoxy) is 2. The van der Waals surface area contributed by atoms with Crippen molar-refractivity contribution in [1.82, 2.24) is 0 Å². The summed E-state index contributed by atoms with van der Waals surface area (Å²) in [6.45, 7) is 4.49. The van der Waals surface area contributed by atoms with Gasteiger partial charge in [0, 0.05) is 6.42 Å². The zero-order chi connectivity index (χ0) is 24.3. The molecule has 2 rings (SSSR count). The average molecular weight is 469 g/mol. The van der Waals surface area contributed by atoms with Gasteiger partial charge in [-0.25, -0.2) is 0 Å². The van der Waals surface area contributed by atoms with E-state index >= 15 is 0 Å². The van der Waals surface area contributed by atoms with E-state index in [4.69, 9.17) is 9.47 Å². The average Bonchev–Trinajstić information content (AvgIpc) is 2.86. The molecule has 1 N–H and O–H groups in total. The van der Waals surface area contributed by atoms with Crippen molar-refractivity contribution in [3.8, 4) is 11.5 Å². The molecule has 190 valence electrons. The summed E-state index contributed by atoms with van der Waals surface area (Å²) in [5.74, 6) is 0.120. The Morgan fingerprint density at radius 3 is 1.65 bits per heavy atom. The molecule has 2 aromatic rings. The van der Waals surface area contributed by atoms with E-state index in [1.807, 2.05) is 60.7 Å². The highest BCUT2D eigenvalue weighted by Gasteiger charge is 2.40. The third-order valence-electron chi connectivity index (χ3n) is 6.52. The second kappa shape index (κ2) is 17.4. The molecule has 0 amide bonds. The van der Waals surface area contributed by atoms with Crippen LogP contribution in [0.3, 0.4) is 0 Å². The van der Waals surface area contributed by atoms with Crippen LogP contribution in [0.4, 0.5) is 0 Å². The molecule has 0 bridgehead atoms. The second-order valence-corrected chi connectivity index (χ2v) is 9.61. The maximum atomic E-state index is 11.9. The zero-order valence-corrected chi connectivity index (χ0v) is 21.7.